The first-order valence-corrected chi connectivity index (χ1v) is 16.4. The predicted octanol–water partition coefficient (Wildman–Crippen LogP) is 12.8. The molecule has 0 fully saturated rings. The molecule has 2 heterocycles. The molecule has 0 unspecified atom stereocenters. The number of benzene rings is 7. The molecule has 2 nitrogen and oxygen atoms in total. The van der Waals surface area contributed by atoms with Crippen molar-refractivity contribution >= 4 is 50.8 Å². The topological polar surface area (TPSA) is 16.4 Å². The molecule has 1 aliphatic rings. The first-order valence-electron chi connectivity index (χ1n) is 15.6. The first-order chi connectivity index (χ1) is 22.7. The molecule has 0 bridgehead atoms. The maximum absolute atomic E-state index is 6.30. The summed E-state index contributed by atoms with van der Waals surface area (Å²) >= 11 is 1.86. The third kappa shape index (κ3) is 4.51. The summed E-state index contributed by atoms with van der Waals surface area (Å²) in [5.41, 5.74) is 13.8. The molecule has 8 aromatic rings. The molecule has 46 heavy (non-hydrogen) atoms. The van der Waals surface area contributed by atoms with Crippen molar-refractivity contribution in [1.82, 2.24) is 0 Å². The first kappa shape index (κ1) is 26.9. The lowest BCUT2D eigenvalue weighted by Crippen LogP contribution is -2.15. The lowest BCUT2D eigenvalue weighted by Gasteiger charge is -2.33. The smallest absolute Gasteiger partial charge is 0.143 e. The van der Waals surface area contributed by atoms with Crippen LogP contribution in [0.15, 0.2) is 172 Å². The number of hydrogen-bond acceptors (Lipinski definition) is 3. The molecule has 3 heteroatoms. The quantitative estimate of drug-likeness (QED) is 0.198. The van der Waals surface area contributed by atoms with E-state index in [4.69, 9.17) is 4.42 Å². The van der Waals surface area contributed by atoms with Gasteiger partial charge in [-0.25, -0.2) is 0 Å². The molecule has 7 aromatic carbocycles. The number of fused-ring (bicyclic) bond motifs is 5. The summed E-state index contributed by atoms with van der Waals surface area (Å²) in [4.78, 5) is 4.94. The van der Waals surface area contributed by atoms with E-state index >= 15 is 0 Å². The van der Waals surface area contributed by atoms with Crippen LogP contribution in [0.3, 0.4) is 0 Å². The van der Waals surface area contributed by atoms with Crippen molar-refractivity contribution < 1.29 is 4.42 Å². The van der Waals surface area contributed by atoms with Gasteiger partial charge in [0.05, 0.1) is 11.4 Å². The van der Waals surface area contributed by atoms with Gasteiger partial charge in [0.15, 0.2) is 0 Å². The Bertz CT molecular complexity index is 2390. The molecule has 218 valence electrons. The fraction of sp³-hybridized carbons (Fsp3) is 0.0233. The van der Waals surface area contributed by atoms with Gasteiger partial charge in [-0.2, -0.15) is 0 Å². The van der Waals surface area contributed by atoms with Crippen LogP contribution in [0.1, 0.15) is 5.56 Å². The summed E-state index contributed by atoms with van der Waals surface area (Å²) in [6.45, 7) is 2.16. The lowest BCUT2D eigenvalue weighted by atomic mass is 9.98. The van der Waals surface area contributed by atoms with Crippen molar-refractivity contribution in [2.24, 2.45) is 0 Å². The van der Waals surface area contributed by atoms with Crippen molar-refractivity contribution in [2.45, 2.75) is 16.7 Å². The number of hydrogen-bond donors (Lipinski definition) is 0. The van der Waals surface area contributed by atoms with Crippen LogP contribution < -0.4 is 4.90 Å². The molecule has 1 aromatic heterocycles. The fourth-order valence-electron chi connectivity index (χ4n) is 6.62. The SMILES string of the molecule is Cc1ccc2c(c1)Sc1cc(-c3ccccc3)ccc1N2c1ccc(-c2ccc(-c3cccc4c3oc3ccccc34)cc2)cc1. The van der Waals surface area contributed by atoms with Gasteiger partial charge in [0.2, 0.25) is 0 Å². The molecule has 0 spiro atoms. The highest BCUT2D eigenvalue weighted by Crippen LogP contribution is 2.52. The lowest BCUT2D eigenvalue weighted by molar-refractivity contribution is 0.670. The maximum atomic E-state index is 6.30. The van der Waals surface area contributed by atoms with Crippen LogP contribution in [0.2, 0.25) is 0 Å². The Morgan fingerprint density at radius 2 is 1.09 bits per heavy atom. The van der Waals surface area contributed by atoms with E-state index in [0.717, 1.165) is 38.8 Å². The van der Waals surface area contributed by atoms with Crippen molar-refractivity contribution in [1.29, 1.82) is 0 Å². The minimum absolute atomic E-state index is 0.922. The van der Waals surface area contributed by atoms with Crippen molar-refractivity contribution in [3.63, 3.8) is 0 Å². The van der Waals surface area contributed by atoms with Gasteiger partial charge in [-0.15, -0.1) is 0 Å². The number of nitrogens with zero attached hydrogens (tertiary/aromatic N) is 1. The van der Waals surface area contributed by atoms with E-state index in [0.29, 0.717) is 0 Å². The van der Waals surface area contributed by atoms with Crippen LogP contribution in [0.4, 0.5) is 17.1 Å². The Kier molecular flexibility index (Phi) is 6.32. The summed E-state index contributed by atoms with van der Waals surface area (Å²) in [7, 11) is 0. The second-order valence-corrected chi connectivity index (χ2v) is 12.9. The van der Waals surface area contributed by atoms with E-state index in [1.807, 2.05) is 23.9 Å². The molecule has 1 aliphatic heterocycles. The van der Waals surface area contributed by atoms with Gasteiger partial charge in [0, 0.05) is 31.8 Å². The standard InChI is InChI=1S/C43H29NOS/c1-28-14-24-38-41(26-28)46-42-27-33(29-8-3-2-4-9-29)21-25-39(42)44(38)34-22-19-31(20-23-34)30-15-17-32(18-16-30)35-11-7-12-37-36-10-5-6-13-40(36)45-43(35)37/h2-27H,1H3. The van der Waals surface area contributed by atoms with Gasteiger partial charge in [-0.05, 0) is 82.8 Å². The third-order valence-corrected chi connectivity index (χ3v) is 10.0. The summed E-state index contributed by atoms with van der Waals surface area (Å²) in [6.07, 6.45) is 0. The van der Waals surface area contributed by atoms with Gasteiger partial charge in [-0.1, -0.05) is 127 Å². The Hall–Kier alpha value is -5.51. The van der Waals surface area contributed by atoms with Crippen molar-refractivity contribution in [2.75, 3.05) is 4.90 Å². The van der Waals surface area contributed by atoms with E-state index in [-0.39, 0.29) is 0 Å². The molecule has 0 saturated heterocycles. The molecule has 0 N–H and O–H groups in total. The average molecular weight is 608 g/mol. The van der Waals surface area contributed by atoms with E-state index in [1.165, 1.54) is 49.0 Å². The molecule has 0 radical (unpaired) electrons. The van der Waals surface area contributed by atoms with Crippen LogP contribution in [0.5, 0.6) is 0 Å². The average Bonchev–Trinajstić information content (AvgIpc) is 3.50. The van der Waals surface area contributed by atoms with Gasteiger partial charge >= 0.3 is 0 Å². The number of rotatable bonds is 4. The molecule has 0 amide bonds. The Morgan fingerprint density at radius 3 is 1.89 bits per heavy atom. The molecule has 0 aliphatic carbocycles. The Balaban J connectivity index is 1.06. The van der Waals surface area contributed by atoms with Crippen LogP contribution in [-0.2, 0) is 0 Å². The Labute approximate surface area is 272 Å². The maximum Gasteiger partial charge on any atom is 0.143 e. The van der Waals surface area contributed by atoms with Gasteiger partial charge in [-0.3, -0.25) is 0 Å². The van der Waals surface area contributed by atoms with Gasteiger partial charge < -0.3 is 9.32 Å². The van der Waals surface area contributed by atoms with E-state index < -0.39 is 0 Å². The minimum Gasteiger partial charge on any atom is -0.455 e. The molecule has 9 rings (SSSR count). The summed E-state index contributed by atoms with van der Waals surface area (Å²) < 4.78 is 6.30. The van der Waals surface area contributed by atoms with Crippen LogP contribution in [-0.4, -0.2) is 0 Å². The monoisotopic (exact) mass is 607 g/mol. The van der Waals surface area contributed by atoms with E-state index in [2.05, 4.69) is 157 Å². The van der Waals surface area contributed by atoms with Crippen LogP contribution >= 0.6 is 11.8 Å². The highest BCUT2D eigenvalue weighted by atomic mass is 32.2. The zero-order chi connectivity index (χ0) is 30.6. The highest BCUT2D eigenvalue weighted by Gasteiger charge is 2.25. The predicted molar refractivity (Wildman–Crippen MR) is 194 cm³/mol. The second-order valence-electron chi connectivity index (χ2n) is 11.9. The zero-order valence-corrected chi connectivity index (χ0v) is 26.1. The molecule has 0 saturated carbocycles. The van der Waals surface area contributed by atoms with Crippen molar-refractivity contribution in [3.05, 3.63) is 163 Å². The molecular formula is C43H29NOS. The van der Waals surface area contributed by atoms with Gasteiger partial charge in [0.25, 0.3) is 0 Å². The van der Waals surface area contributed by atoms with E-state index in [1.54, 1.807) is 0 Å². The number of furan rings is 1. The van der Waals surface area contributed by atoms with Crippen LogP contribution in [0, 0.1) is 6.92 Å². The largest absolute Gasteiger partial charge is 0.455 e. The highest BCUT2D eigenvalue weighted by molar-refractivity contribution is 7.99. The van der Waals surface area contributed by atoms with Crippen molar-refractivity contribution in [3.8, 4) is 33.4 Å². The van der Waals surface area contributed by atoms with Crippen LogP contribution in [0.25, 0.3) is 55.3 Å². The third-order valence-electron chi connectivity index (χ3n) is 8.94. The second kappa shape index (κ2) is 10.8. The Morgan fingerprint density at radius 1 is 0.478 bits per heavy atom. The number of para-hydroxylation sites is 2. The molecule has 0 atom stereocenters. The number of aryl methyl sites for hydroxylation is 1. The fourth-order valence-corrected chi connectivity index (χ4v) is 7.82. The van der Waals surface area contributed by atoms with Gasteiger partial charge in [0.1, 0.15) is 11.2 Å². The number of anilines is 3. The summed E-state index contributed by atoms with van der Waals surface area (Å²) in [5, 5.41) is 2.30. The summed E-state index contributed by atoms with van der Waals surface area (Å²) in [6, 6.07) is 56.6. The molecular weight excluding hydrogens is 579 g/mol. The van der Waals surface area contributed by atoms with E-state index in [9.17, 15) is 0 Å². The zero-order valence-electron chi connectivity index (χ0n) is 25.3. The normalized spacial score (nSPS) is 12.3. The summed E-state index contributed by atoms with van der Waals surface area (Å²) in [5.74, 6) is 0. The minimum atomic E-state index is 0.922.